The first-order valence-corrected chi connectivity index (χ1v) is 6.79. The predicted octanol–water partition coefficient (Wildman–Crippen LogP) is 3.69. The van der Waals surface area contributed by atoms with Gasteiger partial charge in [0.25, 0.3) is 11.4 Å². The molecule has 0 saturated carbocycles. The van der Waals surface area contributed by atoms with Crippen molar-refractivity contribution in [3.05, 3.63) is 67.8 Å². The van der Waals surface area contributed by atoms with Crippen molar-refractivity contribution in [3.8, 4) is 11.5 Å². The van der Waals surface area contributed by atoms with E-state index in [0.717, 1.165) is 6.07 Å². The van der Waals surface area contributed by atoms with E-state index in [-0.39, 0.29) is 16.9 Å². The summed E-state index contributed by atoms with van der Waals surface area (Å²) in [7, 11) is 3.03. The van der Waals surface area contributed by atoms with Crippen LogP contribution >= 0.6 is 0 Å². The summed E-state index contributed by atoms with van der Waals surface area (Å²) in [6.07, 6.45) is 3.12. The van der Waals surface area contributed by atoms with Gasteiger partial charge >= 0.3 is 0 Å². The molecule has 0 unspecified atom stereocenters. The Morgan fingerprint density at radius 1 is 0.875 bits per heavy atom. The molecule has 2 aromatic rings. The topological polar surface area (TPSA) is 105 Å². The third-order valence-corrected chi connectivity index (χ3v) is 3.30. The van der Waals surface area contributed by atoms with E-state index in [4.69, 9.17) is 9.47 Å². The van der Waals surface area contributed by atoms with E-state index in [9.17, 15) is 20.2 Å². The van der Waals surface area contributed by atoms with Gasteiger partial charge in [0.2, 0.25) is 0 Å². The van der Waals surface area contributed by atoms with E-state index in [1.54, 1.807) is 24.3 Å². The number of hydrogen-bond donors (Lipinski definition) is 0. The average molecular weight is 330 g/mol. The minimum absolute atomic E-state index is 0.246. The maximum Gasteiger partial charge on any atom is 0.283 e. The summed E-state index contributed by atoms with van der Waals surface area (Å²) in [6.45, 7) is 0. The molecule has 0 bridgehead atoms. The van der Waals surface area contributed by atoms with E-state index in [1.165, 1.54) is 32.4 Å². The molecule has 8 nitrogen and oxygen atoms in total. The van der Waals surface area contributed by atoms with Crippen molar-refractivity contribution in [2.75, 3.05) is 14.2 Å². The minimum Gasteiger partial charge on any atom is -0.497 e. The Balaban J connectivity index is 2.45. The van der Waals surface area contributed by atoms with E-state index < -0.39 is 9.85 Å². The van der Waals surface area contributed by atoms with Crippen molar-refractivity contribution in [1.82, 2.24) is 0 Å². The predicted molar refractivity (Wildman–Crippen MR) is 88.2 cm³/mol. The molecule has 0 atom stereocenters. The summed E-state index contributed by atoms with van der Waals surface area (Å²) in [6, 6.07) is 8.64. The Morgan fingerprint density at radius 2 is 1.58 bits per heavy atom. The molecule has 2 aromatic carbocycles. The zero-order chi connectivity index (χ0) is 17.7. The third kappa shape index (κ3) is 3.67. The van der Waals surface area contributed by atoms with Gasteiger partial charge in [0.15, 0.2) is 0 Å². The molecule has 0 spiro atoms. The van der Waals surface area contributed by atoms with Gasteiger partial charge in [0.1, 0.15) is 11.5 Å². The lowest BCUT2D eigenvalue weighted by molar-refractivity contribution is -0.394. The van der Waals surface area contributed by atoms with E-state index in [0.29, 0.717) is 17.1 Å². The van der Waals surface area contributed by atoms with Gasteiger partial charge in [-0.05, 0) is 30.3 Å². The molecule has 0 N–H and O–H groups in total. The summed E-state index contributed by atoms with van der Waals surface area (Å²) in [5, 5.41) is 21.9. The average Bonchev–Trinajstić information content (AvgIpc) is 2.59. The maximum atomic E-state index is 11.1. The van der Waals surface area contributed by atoms with Crippen molar-refractivity contribution in [2.45, 2.75) is 0 Å². The lowest BCUT2D eigenvalue weighted by atomic mass is 10.1. The minimum atomic E-state index is -0.675. The van der Waals surface area contributed by atoms with Gasteiger partial charge in [-0.2, -0.15) is 0 Å². The summed E-state index contributed by atoms with van der Waals surface area (Å²) in [5.41, 5.74) is 0.222. The summed E-state index contributed by atoms with van der Waals surface area (Å²) in [5.74, 6) is 1.17. The Kier molecular flexibility index (Phi) is 5.10. The van der Waals surface area contributed by atoms with Crippen LogP contribution in [0.5, 0.6) is 11.5 Å². The van der Waals surface area contributed by atoms with Crippen LogP contribution in [0, 0.1) is 20.2 Å². The largest absolute Gasteiger partial charge is 0.497 e. The molecule has 0 aliphatic carbocycles. The third-order valence-electron chi connectivity index (χ3n) is 3.30. The lowest BCUT2D eigenvalue weighted by Gasteiger charge is -2.07. The number of nitrogens with zero attached hydrogens (tertiary/aromatic N) is 2. The number of non-ortho nitro benzene ring substituents is 1. The SMILES string of the molecule is COc1ccc(OC)c(/C=C/c2ccc([N+](=O)[O-])cc2[N+](=O)[O-])c1. The maximum absolute atomic E-state index is 11.1. The van der Waals surface area contributed by atoms with Crippen LogP contribution in [0.3, 0.4) is 0 Å². The summed E-state index contributed by atoms with van der Waals surface area (Å²) < 4.78 is 10.4. The zero-order valence-corrected chi connectivity index (χ0v) is 13.0. The Labute approximate surface area is 137 Å². The van der Waals surface area contributed by atoms with Crippen molar-refractivity contribution in [1.29, 1.82) is 0 Å². The first-order chi connectivity index (χ1) is 11.5. The summed E-state index contributed by atoms with van der Waals surface area (Å²) in [4.78, 5) is 20.6. The van der Waals surface area contributed by atoms with Crippen LogP contribution in [-0.4, -0.2) is 24.1 Å². The normalized spacial score (nSPS) is 10.6. The number of rotatable bonds is 6. The number of nitro groups is 2. The Bertz CT molecular complexity index is 816. The molecule has 2 rings (SSSR count). The highest BCUT2D eigenvalue weighted by atomic mass is 16.6. The first-order valence-electron chi connectivity index (χ1n) is 6.79. The van der Waals surface area contributed by atoms with Crippen LogP contribution in [0.1, 0.15) is 11.1 Å². The van der Waals surface area contributed by atoms with Gasteiger partial charge in [-0.1, -0.05) is 6.08 Å². The standard InChI is InChI=1S/C16H14N2O6/c1-23-14-7-8-16(24-2)12(9-14)4-3-11-5-6-13(17(19)20)10-15(11)18(21)22/h3-10H,1-2H3/b4-3+. The van der Waals surface area contributed by atoms with E-state index in [1.807, 2.05) is 0 Å². The highest BCUT2D eigenvalue weighted by Crippen LogP contribution is 2.29. The van der Waals surface area contributed by atoms with Crippen LogP contribution in [0.15, 0.2) is 36.4 Å². The molecule has 0 aromatic heterocycles. The Hall–Kier alpha value is -3.42. The van der Waals surface area contributed by atoms with E-state index >= 15 is 0 Å². The van der Waals surface area contributed by atoms with Crippen LogP contribution in [0.4, 0.5) is 11.4 Å². The summed E-state index contributed by atoms with van der Waals surface area (Å²) >= 11 is 0. The number of ether oxygens (including phenoxy) is 2. The van der Waals surface area contributed by atoms with Crippen LogP contribution in [-0.2, 0) is 0 Å². The van der Waals surface area contributed by atoms with E-state index in [2.05, 4.69) is 0 Å². The molecule has 8 heteroatoms. The number of nitro benzene ring substituents is 2. The van der Waals surface area contributed by atoms with Crippen LogP contribution in [0.25, 0.3) is 12.2 Å². The second kappa shape index (κ2) is 7.23. The van der Waals surface area contributed by atoms with Crippen molar-refractivity contribution in [3.63, 3.8) is 0 Å². The Morgan fingerprint density at radius 3 is 2.17 bits per heavy atom. The van der Waals surface area contributed by atoms with Crippen molar-refractivity contribution >= 4 is 23.5 Å². The van der Waals surface area contributed by atoms with Crippen LogP contribution < -0.4 is 9.47 Å². The lowest BCUT2D eigenvalue weighted by Crippen LogP contribution is -1.95. The number of methoxy groups -OCH3 is 2. The van der Waals surface area contributed by atoms with Gasteiger partial charge in [-0.3, -0.25) is 20.2 Å². The van der Waals surface area contributed by atoms with Crippen molar-refractivity contribution in [2.24, 2.45) is 0 Å². The van der Waals surface area contributed by atoms with Gasteiger partial charge in [-0.15, -0.1) is 0 Å². The molecule has 0 fully saturated rings. The molecule has 0 amide bonds. The molecular formula is C16H14N2O6. The second-order valence-corrected chi connectivity index (χ2v) is 4.70. The molecule has 24 heavy (non-hydrogen) atoms. The molecule has 124 valence electrons. The molecule has 0 heterocycles. The molecule has 0 aliphatic rings. The van der Waals surface area contributed by atoms with Crippen LogP contribution in [0.2, 0.25) is 0 Å². The molecule has 0 radical (unpaired) electrons. The first kappa shape index (κ1) is 16.9. The molecular weight excluding hydrogens is 316 g/mol. The van der Waals surface area contributed by atoms with Gasteiger partial charge in [0.05, 0.1) is 35.7 Å². The highest BCUT2D eigenvalue weighted by Gasteiger charge is 2.17. The van der Waals surface area contributed by atoms with Crippen molar-refractivity contribution < 1.29 is 19.3 Å². The molecule has 0 saturated heterocycles. The number of benzene rings is 2. The van der Waals surface area contributed by atoms with Gasteiger partial charge in [0, 0.05) is 11.6 Å². The van der Waals surface area contributed by atoms with Gasteiger partial charge in [-0.25, -0.2) is 0 Å². The fourth-order valence-electron chi connectivity index (χ4n) is 2.09. The smallest absolute Gasteiger partial charge is 0.283 e. The number of hydrogen-bond acceptors (Lipinski definition) is 6. The van der Waals surface area contributed by atoms with Gasteiger partial charge < -0.3 is 9.47 Å². The quantitative estimate of drug-likeness (QED) is 0.454. The zero-order valence-electron chi connectivity index (χ0n) is 13.0. The highest BCUT2D eigenvalue weighted by molar-refractivity contribution is 5.77. The second-order valence-electron chi connectivity index (χ2n) is 4.70. The fourth-order valence-corrected chi connectivity index (χ4v) is 2.09. The fraction of sp³-hybridized carbons (Fsp3) is 0.125. The molecule has 0 aliphatic heterocycles. The monoisotopic (exact) mass is 330 g/mol.